The third-order valence-electron chi connectivity index (χ3n) is 6.94. The number of hydrogen-bond donors (Lipinski definition) is 2. The van der Waals surface area contributed by atoms with Crippen LogP contribution in [-0.2, 0) is 36.9 Å². The third-order valence-corrected chi connectivity index (χ3v) is 10.7. The Morgan fingerprint density at radius 2 is 1.62 bits per heavy atom. The number of piperidine rings is 1. The summed E-state index contributed by atoms with van der Waals surface area (Å²) < 4.78 is 9.95. The molecule has 2 N–H and O–H groups in total. The molecule has 11 heteroatoms. The minimum Gasteiger partial charge on any atom is -0.469 e. The maximum atomic E-state index is 13.7. The number of esters is 1. The molecule has 2 aromatic carbocycles. The van der Waals surface area contributed by atoms with Crippen molar-refractivity contribution in [3.63, 3.8) is 0 Å². The Labute approximate surface area is 243 Å². The van der Waals surface area contributed by atoms with E-state index in [4.69, 9.17) is 4.74 Å². The van der Waals surface area contributed by atoms with Gasteiger partial charge in [-0.2, -0.15) is 0 Å². The van der Waals surface area contributed by atoms with Crippen LogP contribution >= 0.6 is 23.5 Å². The van der Waals surface area contributed by atoms with Gasteiger partial charge in [-0.3, -0.25) is 14.4 Å². The van der Waals surface area contributed by atoms with Crippen molar-refractivity contribution in [2.45, 2.75) is 48.5 Å². The van der Waals surface area contributed by atoms with E-state index in [9.17, 15) is 19.2 Å². The SMILES string of the molecule is COC(=O)CCC(=O)N[C@@H](Cc1ccccc1)C(=O)NC1CN(C(=O)OCc2ccccc2)CCC12SCCS2. The Hall–Kier alpha value is -3.18. The zero-order valence-electron chi connectivity index (χ0n) is 22.5. The van der Waals surface area contributed by atoms with E-state index < -0.39 is 24.0 Å². The van der Waals surface area contributed by atoms with Crippen LogP contribution < -0.4 is 10.6 Å². The third kappa shape index (κ3) is 8.17. The molecule has 2 fully saturated rings. The zero-order chi connectivity index (χ0) is 28.4. The molecule has 1 unspecified atom stereocenters. The summed E-state index contributed by atoms with van der Waals surface area (Å²) in [5, 5.41) is 5.98. The van der Waals surface area contributed by atoms with Crippen molar-refractivity contribution in [1.82, 2.24) is 15.5 Å². The lowest BCUT2D eigenvalue weighted by Gasteiger charge is -2.44. The standard InChI is InChI=1S/C29H35N3O6S2/c1-37-26(34)13-12-25(33)30-23(18-21-8-4-2-5-9-21)27(35)31-24-19-32(15-14-29(24)39-16-17-40-29)28(36)38-20-22-10-6-3-7-11-22/h2-11,23-24H,12-20H2,1H3,(H,30,33)(H,31,35)/t23-,24?/m0/s1. The van der Waals surface area contributed by atoms with Crippen molar-refractivity contribution in [3.05, 3.63) is 71.8 Å². The van der Waals surface area contributed by atoms with Crippen LogP contribution in [0.25, 0.3) is 0 Å². The Kier molecular flexibility index (Phi) is 10.8. The predicted molar refractivity (Wildman–Crippen MR) is 156 cm³/mol. The first kappa shape index (κ1) is 29.8. The summed E-state index contributed by atoms with van der Waals surface area (Å²) in [4.78, 5) is 52.5. The van der Waals surface area contributed by atoms with Gasteiger partial charge in [-0.15, -0.1) is 23.5 Å². The van der Waals surface area contributed by atoms with Gasteiger partial charge in [0.15, 0.2) is 0 Å². The van der Waals surface area contributed by atoms with E-state index in [-0.39, 0.29) is 35.5 Å². The van der Waals surface area contributed by atoms with Crippen LogP contribution in [0, 0.1) is 0 Å². The molecule has 40 heavy (non-hydrogen) atoms. The van der Waals surface area contributed by atoms with E-state index in [1.165, 1.54) is 7.11 Å². The maximum Gasteiger partial charge on any atom is 0.410 e. The number of benzene rings is 2. The smallest absolute Gasteiger partial charge is 0.410 e. The van der Waals surface area contributed by atoms with Crippen LogP contribution in [0.3, 0.4) is 0 Å². The zero-order valence-corrected chi connectivity index (χ0v) is 24.1. The van der Waals surface area contributed by atoms with E-state index in [2.05, 4.69) is 15.4 Å². The molecule has 0 aliphatic carbocycles. The van der Waals surface area contributed by atoms with E-state index in [0.717, 1.165) is 22.6 Å². The quantitative estimate of drug-likeness (QED) is 0.408. The largest absolute Gasteiger partial charge is 0.469 e. The normalized spacial score (nSPS) is 18.5. The van der Waals surface area contributed by atoms with Gasteiger partial charge in [0.25, 0.3) is 0 Å². The first-order valence-electron chi connectivity index (χ1n) is 13.3. The summed E-state index contributed by atoms with van der Waals surface area (Å²) in [6, 6.07) is 17.8. The summed E-state index contributed by atoms with van der Waals surface area (Å²) in [6.45, 7) is 1.03. The Morgan fingerprint density at radius 1 is 0.975 bits per heavy atom. The highest BCUT2D eigenvalue weighted by atomic mass is 32.2. The second-order valence-electron chi connectivity index (χ2n) is 9.69. The number of nitrogens with one attached hydrogen (secondary N) is 2. The van der Waals surface area contributed by atoms with Crippen LogP contribution in [0.4, 0.5) is 4.79 Å². The number of ether oxygens (including phenoxy) is 2. The fourth-order valence-corrected chi connectivity index (χ4v) is 8.11. The first-order valence-corrected chi connectivity index (χ1v) is 15.3. The minimum atomic E-state index is -0.846. The van der Waals surface area contributed by atoms with E-state index >= 15 is 0 Å². The summed E-state index contributed by atoms with van der Waals surface area (Å²) in [5.74, 6) is 0.709. The predicted octanol–water partition coefficient (Wildman–Crippen LogP) is 3.37. The second kappa shape index (κ2) is 14.5. The highest BCUT2D eigenvalue weighted by molar-refractivity contribution is 8.21. The minimum absolute atomic E-state index is 0.0684. The molecule has 0 saturated carbocycles. The molecule has 0 aromatic heterocycles. The second-order valence-corrected chi connectivity index (χ2v) is 12.8. The van der Waals surface area contributed by atoms with Gasteiger partial charge in [-0.25, -0.2) is 4.79 Å². The topological polar surface area (TPSA) is 114 Å². The van der Waals surface area contributed by atoms with Crippen molar-refractivity contribution in [2.24, 2.45) is 0 Å². The highest BCUT2D eigenvalue weighted by Crippen LogP contribution is 2.50. The van der Waals surface area contributed by atoms with Gasteiger partial charge >= 0.3 is 12.1 Å². The molecular weight excluding hydrogens is 550 g/mol. The fourth-order valence-electron chi connectivity index (χ4n) is 4.78. The lowest BCUT2D eigenvalue weighted by atomic mass is 10.0. The van der Waals surface area contributed by atoms with E-state index in [0.29, 0.717) is 25.9 Å². The molecule has 3 amide bonds. The van der Waals surface area contributed by atoms with E-state index in [1.807, 2.05) is 84.2 Å². The number of rotatable bonds is 10. The van der Waals surface area contributed by atoms with Crippen LogP contribution in [0.15, 0.2) is 60.7 Å². The van der Waals surface area contributed by atoms with Gasteiger partial charge in [-0.05, 0) is 17.5 Å². The molecule has 9 nitrogen and oxygen atoms in total. The number of thioether (sulfide) groups is 2. The number of hydrogen-bond acceptors (Lipinski definition) is 8. The molecule has 2 aromatic rings. The summed E-state index contributed by atoms with van der Waals surface area (Å²) in [5.41, 5.74) is 1.80. The number of carbonyl (C=O) groups excluding carboxylic acids is 4. The molecule has 2 aliphatic rings. The summed E-state index contributed by atoms with van der Waals surface area (Å²) in [6.07, 6.45) is 0.442. The Bertz CT molecular complexity index is 1160. The van der Waals surface area contributed by atoms with Gasteiger partial charge in [0.2, 0.25) is 11.8 Å². The fraction of sp³-hybridized carbons (Fsp3) is 0.448. The Balaban J connectivity index is 1.44. The van der Waals surface area contributed by atoms with Gasteiger partial charge in [0.05, 0.1) is 23.7 Å². The molecule has 0 radical (unpaired) electrons. The number of methoxy groups -OCH3 is 1. The lowest BCUT2D eigenvalue weighted by molar-refractivity contribution is -0.142. The highest BCUT2D eigenvalue weighted by Gasteiger charge is 2.48. The molecule has 2 atom stereocenters. The van der Waals surface area contributed by atoms with Crippen molar-refractivity contribution >= 4 is 47.4 Å². The molecule has 2 aliphatic heterocycles. The molecule has 214 valence electrons. The number of nitrogens with zero attached hydrogens (tertiary/aromatic N) is 1. The van der Waals surface area contributed by atoms with Gasteiger partial charge in [-0.1, -0.05) is 60.7 Å². The van der Waals surface area contributed by atoms with Crippen molar-refractivity contribution in [2.75, 3.05) is 31.7 Å². The molecule has 0 bridgehead atoms. The van der Waals surface area contributed by atoms with Crippen molar-refractivity contribution in [1.29, 1.82) is 0 Å². The number of amides is 3. The summed E-state index contributed by atoms with van der Waals surface area (Å²) >= 11 is 3.63. The van der Waals surface area contributed by atoms with Crippen molar-refractivity contribution in [3.8, 4) is 0 Å². The molecule has 2 saturated heterocycles. The monoisotopic (exact) mass is 585 g/mol. The van der Waals surface area contributed by atoms with Crippen LogP contribution in [0.1, 0.15) is 30.4 Å². The van der Waals surface area contributed by atoms with E-state index in [1.54, 1.807) is 4.90 Å². The van der Waals surface area contributed by atoms with Crippen LogP contribution in [-0.4, -0.2) is 76.6 Å². The first-order chi connectivity index (χ1) is 19.4. The van der Waals surface area contributed by atoms with Gasteiger partial charge < -0.3 is 25.0 Å². The number of likely N-dealkylation sites (tertiary alicyclic amines) is 1. The molecule has 4 rings (SSSR count). The maximum absolute atomic E-state index is 13.7. The summed E-state index contributed by atoms with van der Waals surface area (Å²) in [7, 11) is 1.27. The molecular formula is C29H35N3O6S2. The van der Waals surface area contributed by atoms with Crippen LogP contribution in [0.5, 0.6) is 0 Å². The van der Waals surface area contributed by atoms with Gasteiger partial charge in [0, 0.05) is 37.4 Å². The van der Waals surface area contributed by atoms with Crippen LogP contribution in [0.2, 0.25) is 0 Å². The van der Waals surface area contributed by atoms with Crippen molar-refractivity contribution < 1.29 is 28.7 Å². The Morgan fingerprint density at radius 3 is 2.27 bits per heavy atom. The van der Waals surface area contributed by atoms with Gasteiger partial charge in [0.1, 0.15) is 12.6 Å². The molecule has 1 spiro atoms. The average Bonchev–Trinajstić information content (AvgIpc) is 3.45. The number of carbonyl (C=O) groups is 4. The lowest BCUT2D eigenvalue weighted by Crippen LogP contribution is -2.62. The molecule has 2 heterocycles. The average molecular weight is 586 g/mol.